The van der Waals surface area contributed by atoms with E-state index in [1.807, 2.05) is 0 Å². The average Bonchev–Trinajstić information content (AvgIpc) is 2.28. The fourth-order valence-corrected chi connectivity index (χ4v) is 2.64. The van der Waals surface area contributed by atoms with Crippen LogP contribution in [0, 0.1) is 5.41 Å². The van der Waals surface area contributed by atoms with Crippen LogP contribution in [0.5, 0.6) is 5.75 Å². The summed E-state index contributed by atoms with van der Waals surface area (Å²) in [5.41, 5.74) is -1.01. The van der Waals surface area contributed by atoms with Crippen molar-refractivity contribution in [2.45, 2.75) is 18.7 Å². The molecule has 1 atom stereocenters. The summed E-state index contributed by atoms with van der Waals surface area (Å²) in [7, 11) is 0.185. The first kappa shape index (κ1) is 13.7. The van der Waals surface area contributed by atoms with E-state index in [4.69, 9.17) is 9.84 Å². The SMILES string of the molecule is COc1cccc(S(=O)CC(C)(C)C(=O)O)c1. The Kier molecular flexibility index (Phi) is 4.28. The normalized spacial score (nSPS) is 13.1. The number of rotatable bonds is 5. The summed E-state index contributed by atoms with van der Waals surface area (Å²) in [6, 6.07) is 6.85. The maximum Gasteiger partial charge on any atom is 0.310 e. The van der Waals surface area contributed by atoms with Crippen LogP contribution < -0.4 is 4.74 Å². The molecular weight excluding hydrogens is 240 g/mol. The van der Waals surface area contributed by atoms with Crippen molar-refractivity contribution < 1.29 is 18.8 Å². The number of carboxylic acids is 1. The molecule has 94 valence electrons. The molecule has 0 aliphatic rings. The van der Waals surface area contributed by atoms with Gasteiger partial charge in [-0.25, -0.2) is 0 Å². The second-order valence-corrected chi connectivity index (χ2v) is 5.81. The minimum absolute atomic E-state index is 0.0789. The molecule has 17 heavy (non-hydrogen) atoms. The number of benzene rings is 1. The average molecular weight is 256 g/mol. The van der Waals surface area contributed by atoms with Gasteiger partial charge < -0.3 is 9.84 Å². The van der Waals surface area contributed by atoms with Crippen LogP contribution in [0.4, 0.5) is 0 Å². The van der Waals surface area contributed by atoms with Crippen molar-refractivity contribution in [1.29, 1.82) is 0 Å². The summed E-state index contributed by atoms with van der Waals surface area (Å²) >= 11 is 0. The Balaban J connectivity index is 2.86. The molecule has 0 aliphatic heterocycles. The first-order chi connectivity index (χ1) is 7.86. The molecule has 0 radical (unpaired) electrons. The van der Waals surface area contributed by atoms with E-state index in [-0.39, 0.29) is 5.75 Å². The van der Waals surface area contributed by atoms with Gasteiger partial charge in [0.15, 0.2) is 0 Å². The number of aliphatic carboxylic acids is 1. The lowest BCUT2D eigenvalue weighted by atomic mass is 9.97. The van der Waals surface area contributed by atoms with Gasteiger partial charge in [-0.05, 0) is 32.0 Å². The van der Waals surface area contributed by atoms with E-state index in [9.17, 15) is 9.00 Å². The number of hydrogen-bond donors (Lipinski definition) is 1. The van der Waals surface area contributed by atoms with Gasteiger partial charge in [-0.1, -0.05) is 6.07 Å². The smallest absolute Gasteiger partial charge is 0.310 e. The van der Waals surface area contributed by atoms with E-state index >= 15 is 0 Å². The van der Waals surface area contributed by atoms with E-state index < -0.39 is 22.2 Å². The summed E-state index contributed by atoms with van der Waals surface area (Å²) in [5.74, 6) is -0.257. The van der Waals surface area contributed by atoms with Gasteiger partial charge in [0.1, 0.15) is 5.75 Å². The largest absolute Gasteiger partial charge is 0.497 e. The lowest BCUT2D eigenvalue weighted by Crippen LogP contribution is -2.30. The van der Waals surface area contributed by atoms with E-state index in [1.165, 1.54) is 7.11 Å². The first-order valence-electron chi connectivity index (χ1n) is 5.12. The van der Waals surface area contributed by atoms with Crippen LogP contribution in [0.15, 0.2) is 29.2 Å². The number of methoxy groups -OCH3 is 1. The third kappa shape index (κ3) is 3.56. The monoisotopic (exact) mass is 256 g/mol. The predicted octanol–water partition coefficient (Wildman–Crippen LogP) is 1.91. The third-order valence-corrected chi connectivity index (χ3v) is 4.14. The van der Waals surface area contributed by atoms with Gasteiger partial charge in [0.05, 0.1) is 23.3 Å². The van der Waals surface area contributed by atoms with Gasteiger partial charge in [0.2, 0.25) is 0 Å². The molecule has 0 bridgehead atoms. The summed E-state index contributed by atoms with van der Waals surface area (Å²) < 4.78 is 17.1. The molecule has 4 nitrogen and oxygen atoms in total. The van der Waals surface area contributed by atoms with Crippen LogP contribution in [0.1, 0.15) is 13.8 Å². The lowest BCUT2D eigenvalue weighted by molar-refractivity contribution is -0.145. The summed E-state index contributed by atoms with van der Waals surface area (Å²) in [6.07, 6.45) is 0. The Morgan fingerprint density at radius 1 is 1.47 bits per heavy atom. The summed E-state index contributed by atoms with van der Waals surface area (Å²) in [4.78, 5) is 11.5. The molecule has 5 heteroatoms. The number of carboxylic acid groups (broad SMARTS) is 1. The molecule has 0 saturated carbocycles. The molecule has 1 N–H and O–H groups in total. The number of hydrogen-bond acceptors (Lipinski definition) is 3. The van der Waals surface area contributed by atoms with Crippen molar-refractivity contribution in [1.82, 2.24) is 0 Å². The fraction of sp³-hybridized carbons (Fsp3) is 0.417. The highest BCUT2D eigenvalue weighted by Crippen LogP contribution is 2.22. The molecule has 1 aromatic carbocycles. The molecule has 0 aromatic heterocycles. The van der Waals surface area contributed by atoms with Crippen LogP contribution >= 0.6 is 0 Å². The van der Waals surface area contributed by atoms with Gasteiger partial charge in [-0.15, -0.1) is 0 Å². The zero-order chi connectivity index (χ0) is 13.1. The zero-order valence-corrected chi connectivity index (χ0v) is 10.9. The molecule has 1 rings (SSSR count). The summed E-state index contributed by atoms with van der Waals surface area (Å²) in [5, 5.41) is 8.98. The highest BCUT2D eigenvalue weighted by molar-refractivity contribution is 7.85. The van der Waals surface area contributed by atoms with E-state index in [0.29, 0.717) is 10.6 Å². The Labute approximate surface area is 103 Å². The lowest BCUT2D eigenvalue weighted by Gasteiger charge is -2.18. The highest BCUT2D eigenvalue weighted by atomic mass is 32.2. The Bertz CT molecular complexity index is 440. The first-order valence-corrected chi connectivity index (χ1v) is 6.44. The van der Waals surface area contributed by atoms with Crippen molar-refractivity contribution >= 4 is 16.8 Å². The van der Waals surface area contributed by atoms with Crippen LogP contribution in [-0.4, -0.2) is 28.1 Å². The highest BCUT2D eigenvalue weighted by Gasteiger charge is 2.30. The predicted molar refractivity (Wildman–Crippen MR) is 65.7 cm³/mol. The van der Waals surface area contributed by atoms with Crippen molar-refractivity contribution in [2.24, 2.45) is 5.41 Å². The van der Waals surface area contributed by atoms with Gasteiger partial charge in [-0.3, -0.25) is 9.00 Å². The van der Waals surface area contributed by atoms with Crippen molar-refractivity contribution in [2.75, 3.05) is 12.9 Å². The molecule has 1 unspecified atom stereocenters. The Hall–Kier alpha value is -1.36. The van der Waals surface area contributed by atoms with Gasteiger partial charge in [0.25, 0.3) is 0 Å². The van der Waals surface area contributed by atoms with Crippen LogP contribution in [0.25, 0.3) is 0 Å². The topological polar surface area (TPSA) is 63.6 Å². The quantitative estimate of drug-likeness (QED) is 0.874. The Morgan fingerprint density at radius 3 is 2.65 bits per heavy atom. The minimum atomic E-state index is -1.35. The van der Waals surface area contributed by atoms with Crippen LogP contribution in [-0.2, 0) is 15.6 Å². The zero-order valence-electron chi connectivity index (χ0n) is 10.1. The standard InChI is InChI=1S/C12H16O4S/c1-12(2,11(13)14)8-17(15)10-6-4-5-9(7-10)16-3/h4-7H,8H2,1-3H3,(H,13,14). The van der Waals surface area contributed by atoms with Gasteiger partial charge in [-0.2, -0.15) is 0 Å². The molecule has 0 spiro atoms. The third-order valence-electron chi connectivity index (χ3n) is 2.37. The van der Waals surface area contributed by atoms with Gasteiger partial charge >= 0.3 is 5.97 Å². The number of carbonyl (C=O) groups is 1. The van der Waals surface area contributed by atoms with Crippen molar-refractivity contribution in [3.8, 4) is 5.75 Å². The second kappa shape index (κ2) is 5.31. The minimum Gasteiger partial charge on any atom is -0.497 e. The van der Waals surface area contributed by atoms with E-state index in [1.54, 1.807) is 38.1 Å². The van der Waals surface area contributed by atoms with Crippen molar-refractivity contribution in [3.63, 3.8) is 0 Å². The van der Waals surface area contributed by atoms with Crippen LogP contribution in [0.2, 0.25) is 0 Å². The number of ether oxygens (including phenoxy) is 1. The molecule has 0 amide bonds. The van der Waals surface area contributed by atoms with Crippen molar-refractivity contribution in [3.05, 3.63) is 24.3 Å². The molecule has 0 saturated heterocycles. The molecule has 0 heterocycles. The second-order valence-electron chi connectivity index (χ2n) is 4.36. The van der Waals surface area contributed by atoms with E-state index in [2.05, 4.69) is 0 Å². The molecule has 1 aromatic rings. The molecular formula is C12H16O4S. The fourth-order valence-electron chi connectivity index (χ4n) is 1.22. The van der Waals surface area contributed by atoms with Crippen LogP contribution in [0.3, 0.4) is 0 Å². The Morgan fingerprint density at radius 2 is 2.12 bits per heavy atom. The maximum absolute atomic E-state index is 12.0. The molecule has 0 aliphatic carbocycles. The van der Waals surface area contributed by atoms with Gasteiger partial charge in [0, 0.05) is 10.6 Å². The molecule has 0 fully saturated rings. The maximum atomic E-state index is 12.0. The van der Waals surface area contributed by atoms with E-state index in [0.717, 1.165) is 0 Å². The summed E-state index contributed by atoms with van der Waals surface area (Å²) in [6.45, 7) is 3.13.